The van der Waals surface area contributed by atoms with E-state index in [1.165, 1.54) is 10.5 Å². The number of carbonyl (C=O) groups is 1. The summed E-state index contributed by atoms with van der Waals surface area (Å²) in [5.74, 6) is 0.0510. The number of nitrogens with zero attached hydrogens (tertiary/aromatic N) is 2. The van der Waals surface area contributed by atoms with Gasteiger partial charge in [0.15, 0.2) is 6.54 Å². The third-order valence-electron chi connectivity index (χ3n) is 5.10. The van der Waals surface area contributed by atoms with Crippen LogP contribution in [0.2, 0.25) is 0 Å². The van der Waals surface area contributed by atoms with E-state index in [1.807, 2.05) is 73.7 Å². The Labute approximate surface area is 165 Å². The fraction of sp³-hybridized carbons (Fsp3) is 0.167. The summed E-state index contributed by atoms with van der Waals surface area (Å²) in [5, 5.41) is 6.43. The molecule has 1 saturated heterocycles. The van der Waals surface area contributed by atoms with Gasteiger partial charge in [-0.05, 0) is 12.5 Å². The number of nitrogens with one attached hydrogen (secondary N) is 1. The fourth-order valence-corrected chi connectivity index (χ4v) is 3.73. The van der Waals surface area contributed by atoms with Crippen LogP contribution >= 0.6 is 0 Å². The number of hydrogen-bond acceptors (Lipinski definition) is 2. The molecule has 4 rings (SSSR count). The van der Waals surface area contributed by atoms with Crippen LogP contribution in [0.4, 0.5) is 0 Å². The second kappa shape index (κ2) is 8.19. The monoisotopic (exact) mass is 370 g/mol. The topological polar surface area (TPSA) is 37.1 Å². The van der Waals surface area contributed by atoms with Crippen LogP contribution in [-0.4, -0.2) is 23.2 Å². The van der Waals surface area contributed by atoms with Crippen molar-refractivity contribution in [3.8, 4) is 0 Å². The molecular weight excluding hydrogens is 346 g/mol. The van der Waals surface area contributed by atoms with Crippen molar-refractivity contribution in [1.29, 1.82) is 0 Å². The molecule has 3 aromatic rings. The zero-order valence-electron chi connectivity index (χ0n) is 16.0. The van der Waals surface area contributed by atoms with Gasteiger partial charge in [0.05, 0.1) is 5.71 Å². The minimum Gasteiger partial charge on any atom is -0.298 e. The number of quaternary nitrogens is 1. The Bertz CT molecular complexity index is 955. The predicted octanol–water partition coefficient (Wildman–Crippen LogP) is 3.04. The van der Waals surface area contributed by atoms with Gasteiger partial charge in [-0.3, -0.25) is 9.69 Å². The van der Waals surface area contributed by atoms with E-state index in [-0.39, 0.29) is 12.1 Å². The molecule has 1 fully saturated rings. The van der Waals surface area contributed by atoms with Gasteiger partial charge < -0.3 is 0 Å². The second-order valence-corrected chi connectivity index (χ2v) is 7.10. The summed E-state index contributed by atoms with van der Waals surface area (Å²) in [6, 6.07) is 30.5. The van der Waals surface area contributed by atoms with Gasteiger partial charge in [-0.15, -0.1) is 0 Å². The fourth-order valence-electron chi connectivity index (χ4n) is 3.73. The van der Waals surface area contributed by atoms with Crippen LogP contribution < -0.4 is 4.90 Å². The van der Waals surface area contributed by atoms with Crippen molar-refractivity contribution in [2.45, 2.75) is 19.6 Å². The van der Waals surface area contributed by atoms with Gasteiger partial charge in [-0.25, -0.2) is 0 Å². The summed E-state index contributed by atoms with van der Waals surface area (Å²) in [6.07, 6.45) is -0.132. The molecular formula is C24H24N3O+. The lowest BCUT2D eigenvalue weighted by Crippen LogP contribution is -3.09. The molecule has 0 aromatic heterocycles. The molecule has 1 heterocycles. The zero-order chi connectivity index (χ0) is 19.3. The summed E-state index contributed by atoms with van der Waals surface area (Å²) < 4.78 is 0. The normalized spacial score (nSPS) is 19.8. The van der Waals surface area contributed by atoms with E-state index in [0.717, 1.165) is 23.4 Å². The molecule has 2 atom stereocenters. The van der Waals surface area contributed by atoms with Crippen LogP contribution in [0.5, 0.6) is 0 Å². The molecule has 1 amide bonds. The Hall–Kier alpha value is -3.24. The molecule has 1 unspecified atom stereocenters. The van der Waals surface area contributed by atoms with Crippen molar-refractivity contribution in [2.75, 3.05) is 6.54 Å². The van der Waals surface area contributed by atoms with Crippen LogP contribution in [0.15, 0.2) is 96.1 Å². The number of rotatable bonds is 5. The molecule has 140 valence electrons. The highest BCUT2D eigenvalue weighted by molar-refractivity contribution is 5.99. The zero-order valence-corrected chi connectivity index (χ0v) is 16.0. The standard InChI is InChI=1S/C24H23N3O/c1-19(21-13-7-3-8-14-21)25-27-23(28)18-26(17-20-11-5-2-6-12-20)24(27)22-15-9-4-10-16-22/h2-16,24H,17-18H2,1H3/p+1/b25-19-/t24-/m0/s1. The Kier molecular flexibility index (Phi) is 5.31. The quantitative estimate of drug-likeness (QED) is 0.689. The molecule has 0 saturated carbocycles. The largest absolute Gasteiger partial charge is 0.303 e. The summed E-state index contributed by atoms with van der Waals surface area (Å²) in [5.41, 5.74) is 4.19. The maximum atomic E-state index is 12.9. The molecule has 0 bridgehead atoms. The lowest BCUT2D eigenvalue weighted by molar-refractivity contribution is -0.936. The minimum atomic E-state index is -0.132. The smallest absolute Gasteiger partial charge is 0.298 e. The molecule has 3 aromatic carbocycles. The minimum absolute atomic E-state index is 0.0510. The van der Waals surface area contributed by atoms with Gasteiger partial charge in [0, 0.05) is 11.1 Å². The Morgan fingerprint density at radius 3 is 2.14 bits per heavy atom. The summed E-state index contributed by atoms with van der Waals surface area (Å²) in [6.45, 7) is 3.17. The highest BCUT2D eigenvalue weighted by atomic mass is 16.2. The number of hydrazone groups is 1. The van der Waals surface area contributed by atoms with Crippen LogP contribution in [0, 0.1) is 0 Å². The summed E-state index contributed by atoms with van der Waals surface area (Å²) in [4.78, 5) is 14.1. The van der Waals surface area contributed by atoms with E-state index in [4.69, 9.17) is 5.10 Å². The van der Waals surface area contributed by atoms with Crippen molar-refractivity contribution in [3.63, 3.8) is 0 Å². The maximum Gasteiger partial charge on any atom is 0.303 e. The Morgan fingerprint density at radius 2 is 1.50 bits per heavy atom. The molecule has 1 aliphatic rings. The molecule has 0 spiro atoms. The van der Waals surface area contributed by atoms with E-state index < -0.39 is 0 Å². The predicted molar refractivity (Wildman–Crippen MR) is 111 cm³/mol. The van der Waals surface area contributed by atoms with E-state index in [9.17, 15) is 4.79 Å². The highest BCUT2D eigenvalue weighted by Crippen LogP contribution is 2.20. The third kappa shape index (κ3) is 3.87. The molecule has 28 heavy (non-hydrogen) atoms. The molecule has 4 nitrogen and oxygen atoms in total. The number of benzene rings is 3. The number of amides is 1. The van der Waals surface area contributed by atoms with Crippen LogP contribution in [-0.2, 0) is 11.3 Å². The van der Waals surface area contributed by atoms with E-state index >= 15 is 0 Å². The van der Waals surface area contributed by atoms with Crippen LogP contribution in [0.3, 0.4) is 0 Å². The first-order valence-corrected chi connectivity index (χ1v) is 9.58. The number of hydrogen-bond donors (Lipinski definition) is 1. The van der Waals surface area contributed by atoms with Crippen molar-refractivity contribution < 1.29 is 9.69 Å². The Morgan fingerprint density at radius 1 is 0.929 bits per heavy atom. The van der Waals surface area contributed by atoms with E-state index in [0.29, 0.717) is 6.54 Å². The first kappa shape index (κ1) is 18.1. The molecule has 0 radical (unpaired) electrons. The Balaban J connectivity index is 1.69. The van der Waals surface area contributed by atoms with Crippen molar-refractivity contribution in [2.24, 2.45) is 5.10 Å². The number of carbonyl (C=O) groups excluding carboxylic acids is 1. The average Bonchev–Trinajstić information content (AvgIpc) is 3.04. The maximum absolute atomic E-state index is 12.9. The van der Waals surface area contributed by atoms with Gasteiger partial charge in [-0.2, -0.15) is 10.1 Å². The van der Waals surface area contributed by atoms with Crippen molar-refractivity contribution >= 4 is 11.6 Å². The first-order chi connectivity index (χ1) is 13.7. The van der Waals surface area contributed by atoms with Gasteiger partial charge in [0.25, 0.3) is 0 Å². The van der Waals surface area contributed by atoms with E-state index in [1.54, 1.807) is 5.01 Å². The van der Waals surface area contributed by atoms with Gasteiger partial charge in [0.2, 0.25) is 6.17 Å². The van der Waals surface area contributed by atoms with Gasteiger partial charge in [-0.1, -0.05) is 91.0 Å². The van der Waals surface area contributed by atoms with Gasteiger partial charge >= 0.3 is 5.91 Å². The van der Waals surface area contributed by atoms with Crippen molar-refractivity contribution in [3.05, 3.63) is 108 Å². The van der Waals surface area contributed by atoms with Crippen molar-refractivity contribution in [1.82, 2.24) is 5.01 Å². The van der Waals surface area contributed by atoms with Gasteiger partial charge in [0.1, 0.15) is 6.54 Å². The second-order valence-electron chi connectivity index (χ2n) is 7.10. The SMILES string of the molecule is C/C(=N/N1C(=O)C[NH+](Cc2ccccc2)[C@@H]1c1ccccc1)c1ccccc1. The molecule has 0 aliphatic carbocycles. The lowest BCUT2D eigenvalue weighted by Gasteiger charge is -2.24. The van der Waals surface area contributed by atoms with E-state index in [2.05, 4.69) is 24.3 Å². The summed E-state index contributed by atoms with van der Waals surface area (Å²) in [7, 11) is 0. The average molecular weight is 370 g/mol. The summed E-state index contributed by atoms with van der Waals surface area (Å²) >= 11 is 0. The lowest BCUT2D eigenvalue weighted by atomic mass is 10.1. The van der Waals surface area contributed by atoms with Crippen LogP contribution in [0.1, 0.15) is 29.8 Å². The first-order valence-electron chi connectivity index (χ1n) is 9.58. The molecule has 1 aliphatic heterocycles. The molecule has 4 heteroatoms. The highest BCUT2D eigenvalue weighted by Gasteiger charge is 2.43. The van der Waals surface area contributed by atoms with Crippen LogP contribution in [0.25, 0.3) is 0 Å². The third-order valence-corrected chi connectivity index (χ3v) is 5.10. The molecule has 1 N–H and O–H groups in total.